The Kier molecular flexibility index (Phi) is 9.97. The molecule has 2 atom stereocenters. The standard InChI is InChI=1S/C19H24N4S.C3H8.CH2O2/c1-3-15-5-4-9-22(12-15)14(2)17-11-21-23(13-17)19-18-16(6-8-20-19)7-10-24-18;1-3-2;2-1-3/h6-8,10-11,13-15H,3-5,9,12H2,1-2H3;3H2,1-2H3;1H,(H,2,3). The number of nitrogens with zero attached hydrogens (tertiary/aromatic N) is 4. The first-order chi connectivity index (χ1) is 14.6. The van der Waals surface area contributed by atoms with Crippen molar-refractivity contribution in [2.75, 3.05) is 13.1 Å². The fraction of sp³-hybridized carbons (Fsp3) is 0.522. The molecule has 6 nitrogen and oxygen atoms in total. The summed E-state index contributed by atoms with van der Waals surface area (Å²) in [4.78, 5) is 15.5. The lowest BCUT2D eigenvalue weighted by molar-refractivity contribution is -0.122. The quantitative estimate of drug-likeness (QED) is 0.531. The number of fused-ring (bicyclic) bond motifs is 1. The number of carboxylic acid groups (broad SMARTS) is 1. The minimum Gasteiger partial charge on any atom is -0.483 e. The van der Waals surface area contributed by atoms with Crippen LogP contribution in [0.2, 0.25) is 0 Å². The molecular weight excluding hydrogens is 396 g/mol. The summed E-state index contributed by atoms with van der Waals surface area (Å²) in [5, 5.41) is 14.8. The first-order valence-corrected chi connectivity index (χ1v) is 11.7. The Morgan fingerprint density at radius 3 is 2.77 bits per heavy atom. The smallest absolute Gasteiger partial charge is 0.290 e. The van der Waals surface area contributed by atoms with Gasteiger partial charge < -0.3 is 5.11 Å². The van der Waals surface area contributed by atoms with Crippen molar-refractivity contribution >= 4 is 27.9 Å². The monoisotopic (exact) mass is 430 g/mol. The Hall–Kier alpha value is -2.25. The normalized spacial score (nSPS) is 17.4. The highest BCUT2D eigenvalue weighted by Gasteiger charge is 2.24. The van der Waals surface area contributed by atoms with Gasteiger partial charge in [-0.25, -0.2) is 9.67 Å². The molecule has 164 valence electrons. The molecular formula is C23H34N4O2S. The van der Waals surface area contributed by atoms with Crippen LogP contribution in [0.5, 0.6) is 0 Å². The molecule has 0 amide bonds. The van der Waals surface area contributed by atoms with Crippen molar-refractivity contribution in [1.29, 1.82) is 0 Å². The van der Waals surface area contributed by atoms with Crippen LogP contribution in [-0.2, 0) is 4.79 Å². The van der Waals surface area contributed by atoms with E-state index >= 15 is 0 Å². The van der Waals surface area contributed by atoms with Crippen molar-refractivity contribution in [3.63, 3.8) is 0 Å². The number of likely N-dealkylation sites (tertiary alicyclic amines) is 1. The molecule has 2 unspecified atom stereocenters. The van der Waals surface area contributed by atoms with E-state index in [0.717, 1.165) is 11.7 Å². The van der Waals surface area contributed by atoms with Crippen LogP contribution >= 0.6 is 11.3 Å². The number of hydrogen-bond donors (Lipinski definition) is 1. The first kappa shape index (κ1) is 24.0. The van der Waals surface area contributed by atoms with Crippen molar-refractivity contribution < 1.29 is 9.90 Å². The van der Waals surface area contributed by atoms with Crippen LogP contribution in [0.15, 0.2) is 36.1 Å². The Bertz CT molecular complexity index is 892. The topological polar surface area (TPSA) is 71.2 Å². The molecule has 1 aliphatic rings. The van der Waals surface area contributed by atoms with E-state index in [2.05, 4.69) is 66.4 Å². The lowest BCUT2D eigenvalue weighted by Gasteiger charge is -2.36. The lowest BCUT2D eigenvalue weighted by Crippen LogP contribution is -2.36. The van der Waals surface area contributed by atoms with Gasteiger partial charge in [0.15, 0.2) is 5.82 Å². The van der Waals surface area contributed by atoms with E-state index in [1.165, 1.54) is 54.4 Å². The molecule has 3 aromatic rings. The molecule has 0 radical (unpaired) electrons. The molecule has 1 fully saturated rings. The van der Waals surface area contributed by atoms with Crippen molar-refractivity contribution in [3.05, 3.63) is 41.7 Å². The van der Waals surface area contributed by atoms with Gasteiger partial charge in [0.05, 0.1) is 10.9 Å². The van der Waals surface area contributed by atoms with Crippen LogP contribution in [0.4, 0.5) is 0 Å². The van der Waals surface area contributed by atoms with Gasteiger partial charge in [0.25, 0.3) is 6.47 Å². The molecule has 0 aliphatic carbocycles. The molecule has 1 N–H and O–H groups in total. The van der Waals surface area contributed by atoms with Crippen LogP contribution < -0.4 is 0 Å². The van der Waals surface area contributed by atoms with E-state index in [4.69, 9.17) is 9.90 Å². The van der Waals surface area contributed by atoms with Gasteiger partial charge in [-0.3, -0.25) is 9.69 Å². The van der Waals surface area contributed by atoms with E-state index in [0.29, 0.717) is 6.04 Å². The first-order valence-electron chi connectivity index (χ1n) is 10.8. The summed E-state index contributed by atoms with van der Waals surface area (Å²) >= 11 is 1.72. The largest absolute Gasteiger partial charge is 0.483 e. The van der Waals surface area contributed by atoms with Gasteiger partial charge in [-0.15, -0.1) is 11.3 Å². The van der Waals surface area contributed by atoms with E-state index in [-0.39, 0.29) is 6.47 Å². The fourth-order valence-electron chi connectivity index (χ4n) is 3.70. The maximum atomic E-state index is 8.36. The summed E-state index contributed by atoms with van der Waals surface area (Å²) < 4.78 is 3.13. The number of pyridine rings is 1. The summed E-state index contributed by atoms with van der Waals surface area (Å²) in [7, 11) is 0. The third-order valence-electron chi connectivity index (χ3n) is 5.33. The second-order valence-electron chi connectivity index (χ2n) is 7.59. The molecule has 0 spiro atoms. The van der Waals surface area contributed by atoms with Crippen LogP contribution in [-0.4, -0.2) is 44.3 Å². The highest BCUT2D eigenvalue weighted by molar-refractivity contribution is 7.17. The number of carbonyl (C=O) groups is 1. The number of rotatable bonds is 4. The maximum absolute atomic E-state index is 8.36. The number of piperidine rings is 1. The van der Waals surface area contributed by atoms with Crippen LogP contribution in [0, 0.1) is 5.92 Å². The zero-order valence-electron chi connectivity index (χ0n) is 18.5. The molecule has 1 saturated heterocycles. The van der Waals surface area contributed by atoms with Crippen LogP contribution in [0.1, 0.15) is 65.0 Å². The van der Waals surface area contributed by atoms with Crippen molar-refractivity contribution in [3.8, 4) is 5.82 Å². The third kappa shape index (κ3) is 6.12. The molecule has 30 heavy (non-hydrogen) atoms. The molecule has 4 heterocycles. The second-order valence-corrected chi connectivity index (χ2v) is 8.51. The van der Waals surface area contributed by atoms with Crippen LogP contribution in [0.3, 0.4) is 0 Å². The highest BCUT2D eigenvalue weighted by Crippen LogP contribution is 2.29. The molecule has 3 aromatic heterocycles. The Morgan fingerprint density at radius 1 is 1.33 bits per heavy atom. The maximum Gasteiger partial charge on any atom is 0.290 e. The van der Waals surface area contributed by atoms with Crippen molar-refractivity contribution in [1.82, 2.24) is 19.7 Å². The minimum atomic E-state index is -0.250. The van der Waals surface area contributed by atoms with Gasteiger partial charge in [-0.2, -0.15) is 5.10 Å². The molecule has 1 aliphatic heterocycles. The molecule has 7 heteroatoms. The van der Waals surface area contributed by atoms with Gasteiger partial charge in [0.1, 0.15) is 0 Å². The lowest BCUT2D eigenvalue weighted by atomic mass is 9.94. The summed E-state index contributed by atoms with van der Waals surface area (Å²) in [6.07, 6.45) is 11.3. The summed E-state index contributed by atoms with van der Waals surface area (Å²) in [6, 6.07) is 4.60. The molecule has 4 rings (SSSR count). The summed E-state index contributed by atoms with van der Waals surface area (Å²) in [5.74, 6) is 1.78. The predicted molar refractivity (Wildman–Crippen MR) is 124 cm³/mol. The van der Waals surface area contributed by atoms with E-state index in [9.17, 15) is 0 Å². The molecule has 0 aromatic carbocycles. The van der Waals surface area contributed by atoms with E-state index in [1.807, 2.05) is 17.1 Å². The number of hydrogen-bond acceptors (Lipinski definition) is 5. The van der Waals surface area contributed by atoms with Gasteiger partial charge >= 0.3 is 0 Å². The SMILES string of the molecule is CCC.CCC1CCCN(C(C)c2cnn(-c3nccc4ccsc34)c2)C1.O=CO. The molecule has 0 bridgehead atoms. The average Bonchev–Trinajstić information content (AvgIpc) is 3.44. The number of aromatic nitrogens is 3. The Balaban J connectivity index is 0.000000480. The van der Waals surface area contributed by atoms with Gasteiger partial charge in [0, 0.05) is 30.5 Å². The fourth-order valence-corrected chi connectivity index (χ4v) is 4.58. The van der Waals surface area contributed by atoms with E-state index < -0.39 is 0 Å². The summed E-state index contributed by atoms with van der Waals surface area (Å²) in [6.45, 7) is 11.0. The predicted octanol–water partition coefficient (Wildman–Crippen LogP) is 5.78. The number of thiophene rings is 1. The third-order valence-corrected chi connectivity index (χ3v) is 6.25. The van der Waals surface area contributed by atoms with Crippen molar-refractivity contribution in [2.45, 2.75) is 59.4 Å². The van der Waals surface area contributed by atoms with Crippen LogP contribution in [0.25, 0.3) is 15.9 Å². The van der Waals surface area contributed by atoms with Gasteiger partial charge in [-0.1, -0.05) is 33.6 Å². The van der Waals surface area contributed by atoms with Gasteiger partial charge in [0.2, 0.25) is 0 Å². The summed E-state index contributed by atoms with van der Waals surface area (Å²) in [5.41, 5.74) is 1.28. The Morgan fingerprint density at radius 2 is 2.07 bits per heavy atom. The van der Waals surface area contributed by atoms with E-state index in [1.54, 1.807) is 11.3 Å². The van der Waals surface area contributed by atoms with Gasteiger partial charge in [-0.05, 0) is 55.1 Å². The molecule has 0 saturated carbocycles. The zero-order chi connectivity index (χ0) is 21.9. The average molecular weight is 431 g/mol. The zero-order valence-corrected chi connectivity index (χ0v) is 19.3. The van der Waals surface area contributed by atoms with Crippen molar-refractivity contribution in [2.24, 2.45) is 5.92 Å². The highest BCUT2D eigenvalue weighted by atomic mass is 32.1. The Labute approximate surface area is 183 Å². The second kappa shape index (κ2) is 12.4. The minimum absolute atomic E-state index is 0.250.